The molecule has 0 amide bonds. The van der Waals surface area contributed by atoms with Gasteiger partial charge in [0.25, 0.3) is 0 Å². The number of fused-ring (bicyclic) bond motifs is 5. The summed E-state index contributed by atoms with van der Waals surface area (Å²) in [5.41, 5.74) is 3.07. The lowest BCUT2D eigenvalue weighted by Gasteiger charge is -2.29. The number of halogens is 1. The van der Waals surface area contributed by atoms with E-state index in [1.54, 1.807) is 0 Å². The second-order valence-electron chi connectivity index (χ2n) is 6.15. The Morgan fingerprint density at radius 3 is 2.91 bits per heavy atom. The van der Waals surface area contributed by atoms with Crippen molar-refractivity contribution in [2.45, 2.75) is 32.2 Å². The molecule has 0 unspecified atom stereocenters. The normalized spacial score (nSPS) is 17.1. The van der Waals surface area contributed by atoms with Gasteiger partial charge in [-0.15, -0.1) is 0 Å². The van der Waals surface area contributed by atoms with Gasteiger partial charge in [-0.2, -0.15) is 0 Å². The Morgan fingerprint density at radius 1 is 1.26 bits per heavy atom. The van der Waals surface area contributed by atoms with Crippen molar-refractivity contribution in [3.05, 3.63) is 38.2 Å². The van der Waals surface area contributed by atoms with E-state index in [1.165, 1.54) is 0 Å². The lowest BCUT2D eigenvalue weighted by molar-refractivity contribution is 0.0887. The molecule has 1 aromatic heterocycles. The monoisotopic (exact) mass is 335 g/mol. The van der Waals surface area contributed by atoms with Crippen LogP contribution < -0.4 is 10.4 Å². The molecule has 1 aliphatic heterocycles. The van der Waals surface area contributed by atoms with Gasteiger partial charge in [-0.3, -0.25) is 4.90 Å². The van der Waals surface area contributed by atoms with Crippen molar-refractivity contribution in [3.8, 4) is 5.75 Å². The van der Waals surface area contributed by atoms with Crippen molar-refractivity contribution in [1.82, 2.24) is 4.90 Å². The molecule has 2 aromatic rings. The molecule has 4 rings (SSSR count). The summed E-state index contributed by atoms with van der Waals surface area (Å²) >= 11 is 6.41. The van der Waals surface area contributed by atoms with Gasteiger partial charge in [0.05, 0.1) is 10.6 Å². The van der Waals surface area contributed by atoms with E-state index in [1.807, 2.05) is 6.07 Å². The topological polar surface area (TPSA) is 62.9 Å². The van der Waals surface area contributed by atoms with Crippen LogP contribution in [0.4, 0.5) is 0 Å². The molecule has 1 N–H and O–H groups in total. The van der Waals surface area contributed by atoms with Crippen LogP contribution in [-0.4, -0.2) is 29.9 Å². The molecule has 1 aliphatic carbocycles. The van der Waals surface area contributed by atoms with E-state index < -0.39 is 0 Å². The first-order valence-electron chi connectivity index (χ1n) is 7.95. The largest absolute Gasteiger partial charge is 0.476 e. The Labute approximate surface area is 138 Å². The van der Waals surface area contributed by atoms with Gasteiger partial charge in [-0.25, -0.2) is 4.79 Å². The van der Waals surface area contributed by atoms with Gasteiger partial charge in [-0.1, -0.05) is 11.6 Å². The van der Waals surface area contributed by atoms with Crippen LogP contribution in [0.25, 0.3) is 11.0 Å². The molecule has 0 spiro atoms. The van der Waals surface area contributed by atoms with Crippen LogP contribution in [0.3, 0.4) is 0 Å². The highest BCUT2D eigenvalue weighted by Gasteiger charge is 2.27. The zero-order valence-corrected chi connectivity index (χ0v) is 13.5. The Kier molecular flexibility index (Phi) is 3.79. The molecular weight excluding hydrogens is 318 g/mol. The zero-order valence-electron chi connectivity index (χ0n) is 12.7. The molecule has 0 fully saturated rings. The minimum atomic E-state index is -0.234. The fourth-order valence-electron chi connectivity index (χ4n) is 3.59. The zero-order chi connectivity index (χ0) is 16.0. The number of nitrogens with zero attached hydrogens (tertiary/aromatic N) is 1. The minimum Gasteiger partial charge on any atom is -0.476 e. The van der Waals surface area contributed by atoms with Crippen LogP contribution in [0.15, 0.2) is 15.3 Å². The van der Waals surface area contributed by atoms with E-state index in [9.17, 15) is 4.79 Å². The maximum absolute atomic E-state index is 12.3. The SMILES string of the molecule is O=c1oc2c3c(c(Cl)cc2c2c1CCC2)OCN(CCCO)C3. The molecule has 2 aliphatic rings. The summed E-state index contributed by atoms with van der Waals surface area (Å²) in [5, 5.41) is 10.5. The summed E-state index contributed by atoms with van der Waals surface area (Å²) in [6, 6.07) is 1.87. The van der Waals surface area contributed by atoms with Crippen molar-refractivity contribution in [2.24, 2.45) is 0 Å². The Morgan fingerprint density at radius 2 is 2.09 bits per heavy atom. The van der Waals surface area contributed by atoms with Gasteiger partial charge < -0.3 is 14.3 Å². The third-order valence-corrected chi connectivity index (χ3v) is 4.95. The Bertz CT molecular complexity index is 830. The van der Waals surface area contributed by atoms with E-state index in [0.29, 0.717) is 36.1 Å². The smallest absolute Gasteiger partial charge is 0.339 e. The maximum Gasteiger partial charge on any atom is 0.339 e. The minimum absolute atomic E-state index is 0.141. The highest BCUT2D eigenvalue weighted by atomic mass is 35.5. The van der Waals surface area contributed by atoms with Gasteiger partial charge in [0.15, 0.2) is 0 Å². The first-order valence-corrected chi connectivity index (χ1v) is 8.33. The second kappa shape index (κ2) is 5.82. The molecule has 2 heterocycles. The van der Waals surface area contributed by atoms with E-state index >= 15 is 0 Å². The fraction of sp³-hybridized carbons (Fsp3) is 0.471. The number of aryl methyl sites for hydroxylation is 1. The molecule has 0 radical (unpaired) electrons. The van der Waals surface area contributed by atoms with Gasteiger partial charge in [0, 0.05) is 30.6 Å². The number of hydrogen-bond donors (Lipinski definition) is 1. The third-order valence-electron chi connectivity index (χ3n) is 4.67. The highest BCUT2D eigenvalue weighted by Crippen LogP contribution is 2.40. The van der Waals surface area contributed by atoms with Crippen molar-refractivity contribution in [1.29, 1.82) is 0 Å². The lowest BCUT2D eigenvalue weighted by Crippen LogP contribution is -2.33. The van der Waals surface area contributed by atoms with Crippen LogP contribution in [0.2, 0.25) is 5.02 Å². The summed E-state index contributed by atoms with van der Waals surface area (Å²) in [7, 11) is 0. The fourth-order valence-corrected chi connectivity index (χ4v) is 3.87. The summed E-state index contributed by atoms with van der Waals surface area (Å²) < 4.78 is 11.4. The van der Waals surface area contributed by atoms with Crippen LogP contribution in [-0.2, 0) is 19.4 Å². The van der Waals surface area contributed by atoms with Crippen LogP contribution in [0, 0.1) is 0 Å². The summed E-state index contributed by atoms with van der Waals surface area (Å²) in [5.74, 6) is 0.612. The van der Waals surface area contributed by atoms with Crippen molar-refractivity contribution in [2.75, 3.05) is 19.9 Å². The number of aliphatic hydroxyl groups excluding tert-OH is 1. The quantitative estimate of drug-likeness (QED) is 0.873. The third kappa shape index (κ3) is 2.43. The van der Waals surface area contributed by atoms with Crippen LogP contribution >= 0.6 is 11.6 Å². The summed E-state index contributed by atoms with van der Waals surface area (Å²) in [6.45, 7) is 1.89. The molecule has 23 heavy (non-hydrogen) atoms. The molecule has 0 saturated carbocycles. The second-order valence-corrected chi connectivity index (χ2v) is 6.55. The summed E-state index contributed by atoms with van der Waals surface area (Å²) in [4.78, 5) is 14.3. The lowest BCUT2D eigenvalue weighted by atomic mass is 10.0. The first-order chi connectivity index (χ1) is 11.2. The van der Waals surface area contributed by atoms with Gasteiger partial charge >= 0.3 is 5.63 Å². The van der Waals surface area contributed by atoms with Crippen LogP contribution in [0.5, 0.6) is 5.75 Å². The molecule has 122 valence electrons. The molecule has 6 heteroatoms. The van der Waals surface area contributed by atoms with Crippen LogP contribution in [0.1, 0.15) is 29.5 Å². The van der Waals surface area contributed by atoms with Crippen molar-refractivity contribution >= 4 is 22.6 Å². The average molecular weight is 336 g/mol. The van der Waals surface area contributed by atoms with E-state index in [4.69, 9.17) is 25.9 Å². The average Bonchev–Trinajstić information content (AvgIpc) is 3.05. The molecule has 5 nitrogen and oxygen atoms in total. The van der Waals surface area contributed by atoms with Gasteiger partial charge in [-0.05, 0) is 37.3 Å². The van der Waals surface area contributed by atoms with E-state index in [-0.39, 0.29) is 12.2 Å². The highest BCUT2D eigenvalue weighted by molar-refractivity contribution is 6.33. The van der Waals surface area contributed by atoms with Crippen molar-refractivity contribution in [3.63, 3.8) is 0 Å². The Hall–Kier alpha value is -1.56. The number of hydrogen-bond acceptors (Lipinski definition) is 5. The number of rotatable bonds is 3. The van der Waals surface area contributed by atoms with E-state index in [0.717, 1.165) is 47.9 Å². The molecule has 0 saturated heterocycles. The molecular formula is C17H18ClNO4. The van der Waals surface area contributed by atoms with Gasteiger partial charge in [0.1, 0.15) is 18.1 Å². The maximum atomic E-state index is 12.3. The standard InChI is InChI=1S/C17H18ClNO4/c18-14-7-12-10-3-1-4-11(10)17(21)23-15(12)13-8-19(5-2-6-20)9-22-16(13)14/h7,20H,1-6,8-9H2. The number of aliphatic hydroxyl groups is 1. The van der Waals surface area contributed by atoms with Gasteiger partial charge in [0.2, 0.25) is 0 Å². The number of ether oxygens (including phenoxy) is 1. The predicted octanol–water partition coefficient (Wildman–Crippen LogP) is 2.47. The molecule has 0 atom stereocenters. The predicted molar refractivity (Wildman–Crippen MR) is 87.1 cm³/mol. The molecule has 0 bridgehead atoms. The Balaban J connectivity index is 1.88. The molecule has 1 aromatic carbocycles. The first kappa shape index (κ1) is 15.0. The van der Waals surface area contributed by atoms with E-state index in [2.05, 4.69) is 4.90 Å². The van der Waals surface area contributed by atoms with Crippen molar-refractivity contribution < 1.29 is 14.3 Å². The summed E-state index contributed by atoms with van der Waals surface area (Å²) in [6.07, 6.45) is 3.33. The number of benzene rings is 1.